The van der Waals surface area contributed by atoms with E-state index in [0.29, 0.717) is 11.5 Å². The van der Waals surface area contributed by atoms with E-state index in [4.69, 9.17) is 0 Å². The lowest BCUT2D eigenvalue weighted by Crippen LogP contribution is -1.99. The van der Waals surface area contributed by atoms with Crippen molar-refractivity contribution in [3.05, 3.63) is 71.5 Å². The molecule has 2 rings (SSSR count). The second-order valence-corrected chi connectivity index (χ2v) is 5.30. The minimum absolute atomic E-state index is 0.279. The smallest absolute Gasteiger partial charge is 0.123 e. The van der Waals surface area contributed by atoms with E-state index >= 15 is 0 Å². The lowest BCUT2D eigenvalue weighted by molar-refractivity contribution is 0.626. The molecule has 0 aliphatic carbocycles. The van der Waals surface area contributed by atoms with Crippen LogP contribution in [0.5, 0.6) is 0 Å². The molecule has 0 spiro atoms. The van der Waals surface area contributed by atoms with Crippen molar-refractivity contribution < 1.29 is 8.60 Å². The molecule has 88 valence electrons. The molecule has 0 fully saturated rings. The van der Waals surface area contributed by atoms with Gasteiger partial charge in [-0.1, -0.05) is 42.5 Å². The molecule has 3 heteroatoms. The zero-order chi connectivity index (χ0) is 12.1. The molecule has 1 nitrogen and oxygen atoms in total. The monoisotopic (exact) mass is 248 g/mol. The normalized spacial score (nSPS) is 12.3. The molecule has 0 bridgehead atoms. The van der Waals surface area contributed by atoms with Gasteiger partial charge in [0.05, 0.1) is 0 Å². The fourth-order valence-electron chi connectivity index (χ4n) is 1.62. The predicted molar refractivity (Wildman–Crippen MR) is 68.4 cm³/mol. The molecule has 17 heavy (non-hydrogen) atoms. The third-order valence-corrected chi connectivity index (χ3v) is 3.70. The van der Waals surface area contributed by atoms with E-state index in [2.05, 4.69) is 0 Å². The van der Waals surface area contributed by atoms with Crippen molar-refractivity contribution in [2.75, 3.05) is 0 Å². The highest BCUT2D eigenvalue weighted by Gasteiger charge is 2.03. The van der Waals surface area contributed by atoms with Crippen LogP contribution in [0.4, 0.5) is 4.39 Å². The van der Waals surface area contributed by atoms with Gasteiger partial charge in [0.25, 0.3) is 0 Å². The fraction of sp³-hybridized carbons (Fsp3) is 0.143. The van der Waals surface area contributed by atoms with Gasteiger partial charge in [0, 0.05) is 22.3 Å². The first-order valence-corrected chi connectivity index (χ1v) is 6.86. The van der Waals surface area contributed by atoms with Crippen molar-refractivity contribution in [3.8, 4) is 0 Å². The summed E-state index contributed by atoms with van der Waals surface area (Å²) in [5.41, 5.74) is 1.82. The summed E-state index contributed by atoms with van der Waals surface area (Å²) in [6.45, 7) is 0. The Balaban J connectivity index is 1.98. The van der Waals surface area contributed by atoms with Gasteiger partial charge in [-0.05, 0) is 23.3 Å². The largest absolute Gasteiger partial charge is 0.259 e. The Morgan fingerprint density at radius 2 is 1.53 bits per heavy atom. The van der Waals surface area contributed by atoms with Gasteiger partial charge in [-0.3, -0.25) is 4.21 Å². The molecule has 0 N–H and O–H groups in total. The summed E-state index contributed by atoms with van der Waals surface area (Å²) in [6, 6.07) is 15.9. The molecule has 0 aromatic heterocycles. The summed E-state index contributed by atoms with van der Waals surface area (Å²) in [4.78, 5) is 0. The second-order valence-electron chi connectivity index (χ2n) is 3.84. The minimum atomic E-state index is -0.997. The van der Waals surface area contributed by atoms with E-state index in [1.165, 1.54) is 12.1 Å². The van der Waals surface area contributed by atoms with E-state index < -0.39 is 10.8 Å². The summed E-state index contributed by atoms with van der Waals surface area (Å²) >= 11 is 0. The first-order valence-electron chi connectivity index (χ1n) is 5.37. The maximum absolute atomic E-state index is 12.9. The highest BCUT2D eigenvalue weighted by Crippen LogP contribution is 2.10. The molecule has 0 saturated carbocycles. The van der Waals surface area contributed by atoms with Crippen LogP contribution < -0.4 is 0 Å². The van der Waals surface area contributed by atoms with Crippen LogP contribution >= 0.6 is 0 Å². The quantitative estimate of drug-likeness (QED) is 0.811. The molecule has 2 aromatic rings. The number of hydrogen-bond donors (Lipinski definition) is 0. The average Bonchev–Trinajstić information content (AvgIpc) is 2.30. The number of halogens is 1. The zero-order valence-corrected chi connectivity index (χ0v) is 10.1. The summed E-state index contributed by atoms with van der Waals surface area (Å²) in [6.07, 6.45) is 0. The third kappa shape index (κ3) is 3.79. The van der Waals surface area contributed by atoms with Crippen molar-refractivity contribution >= 4 is 10.8 Å². The summed E-state index contributed by atoms with van der Waals surface area (Å²) in [7, 11) is -0.997. The van der Waals surface area contributed by atoms with Crippen LogP contribution in [0, 0.1) is 5.82 Å². The van der Waals surface area contributed by atoms with Gasteiger partial charge in [0.15, 0.2) is 0 Å². The van der Waals surface area contributed by atoms with Gasteiger partial charge in [0.2, 0.25) is 0 Å². The fourth-order valence-corrected chi connectivity index (χ4v) is 2.84. The highest BCUT2D eigenvalue weighted by molar-refractivity contribution is 7.83. The van der Waals surface area contributed by atoms with Gasteiger partial charge in [-0.2, -0.15) is 0 Å². The van der Waals surface area contributed by atoms with Gasteiger partial charge in [-0.25, -0.2) is 4.39 Å². The zero-order valence-electron chi connectivity index (χ0n) is 9.30. The van der Waals surface area contributed by atoms with Crippen molar-refractivity contribution in [1.29, 1.82) is 0 Å². The average molecular weight is 248 g/mol. The molecular formula is C14H13FOS. The molecular weight excluding hydrogens is 235 g/mol. The van der Waals surface area contributed by atoms with Gasteiger partial charge >= 0.3 is 0 Å². The minimum Gasteiger partial charge on any atom is -0.259 e. The number of rotatable bonds is 4. The van der Waals surface area contributed by atoms with E-state index in [1.807, 2.05) is 30.3 Å². The maximum Gasteiger partial charge on any atom is 0.123 e. The van der Waals surface area contributed by atoms with Crippen molar-refractivity contribution in [3.63, 3.8) is 0 Å². The number of hydrogen-bond acceptors (Lipinski definition) is 1. The Kier molecular flexibility index (Phi) is 4.04. The molecule has 0 radical (unpaired) electrons. The molecule has 0 aliphatic heterocycles. The van der Waals surface area contributed by atoms with Crippen LogP contribution in [0.3, 0.4) is 0 Å². The van der Waals surface area contributed by atoms with Crippen LogP contribution in [-0.4, -0.2) is 4.21 Å². The predicted octanol–water partition coefficient (Wildman–Crippen LogP) is 3.27. The van der Waals surface area contributed by atoms with Crippen LogP contribution in [0.25, 0.3) is 0 Å². The Labute approximate surface area is 103 Å². The Morgan fingerprint density at radius 3 is 2.24 bits per heavy atom. The van der Waals surface area contributed by atoms with Crippen LogP contribution in [0.2, 0.25) is 0 Å². The van der Waals surface area contributed by atoms with Gasteiger partial charge < -0.3 is 0 Å². The summed E-state index contributed by atoms with van der Waals surface area (Å²) < 4.78 is 24.8. The molecule has 0 unspecified atom stereocenters. The molecule has 0 aliphatic rings. The van der Waals surface area contributed by atoms with Crippen molar-refractivity contribution in [2.45, 2.75) is 11.5 Å². The first kappa shape index (κ1) is 12.0. The van der Waals surface area contributed by atoms with Crippen molar-refractivity contribution in [2.24, 2.45) is 0 Å². The molecule has 0 saturated heterocycles. The Bertz CT molecular complexity index is 511. The first-order chi connectivity index (χ1) is 8.24. The topological polar surface area (TPSA) is 17.1 Å². The second kappa shape index (κ2) is 5.73. The molecule has 2 aromatic carbocycles. The van der Waals surface area contributed by atoms with Gasteiger partial charge in [-0.15, -0.1) is 0 Å². The highest BCUT2D eigenvalue weighted by atomic mass is 32.2. The van der Waals surface area contributed by atoms with Gasteiger partial charge in [0.1, 0.15) is 5.82 Å². The molecule has 0 heterocycles. The lowest BCUT2D eigenvalue weighted by atomic mass is 10.2. The molecule has 0 amide bonds. The Morgan fingerprint density at radius 1 is 0.882 bits per heavy atom. The lowest BCUT2D eigenvalue weighted by Gasteiger charge is -2.03. The van der Waals surface area contributed by atoms with Crippen LogP contribution in [0.1, 0.15) is 11.1 Å². The Hall–Kier alpha value is -1.48. The summed E-state index contributed by atoms with van der Waals surface area (Å²) in [5.74, 6) is 0.628. The van der Waals surface area contributed by atoms with E-state index in [1.54, 1.807) is 12.1 Å². The maximum atomic E-state index is 12.9. The summed E-state index contributed by atoms with van der Waals surface area (Å²) in [5, 5.41) is 0. The van der Waals surface area contributed by atoms with Crippen LogP contribution in [0.15, 0.2) is 54.6 Å². The van der Waals surface area contributed by atoms with E-state index in [0.717, 1.165) is 11.1 Å². The molecule has 1 atom stereocenters. The third-order valence-electron chi connectivity index (χ3n) is 2.39. The standard InChI is InChI=1S/C14H13FOS/c15-14-8-4-7-13(9-14)11-17(16)10-12-5-2-1-3-6-12/h1-9H,10-11H2/t17-/m0/s1. The van der Waals surface area contributed by atoms with E-state index in [-0.39, 0.29) is 5.82 Å². The number of benzene rings is 2. The van der Waals surface area contributed by atoms with E-state index in [9.17, 15) is 8.60 Å². The van der Waals surface area contributed by atoms with Crippen molar-refractivity contribution in [1.82, 2.24) is 0 Å². The SMILES string of the molecule is O=[S@@](Cc1ccccc1)Cc1cccc(F)c1. The van der Waals surface area contributed by atoms with Crippen LogP contribution in [-0.2, 0) is 22.3 Å².